The number of benzene rings is 1. The smallest absolute Gasteiger partial charge is 0.416 e. The highest BCUT2D eigenvalue weighted by Crippen LogP contribution is 2.32. The third-order valence-corrected chi connectivity index (χ3v) is 4.58. The quantitative estimate of drug-likeness (QED) is 0.819. The fraction of sp³-hybridized carbons (Fsp3) is 0.368. The van der Waals surface area contributed by atoms with E-state index in [0.717, 1.165) is 12.3 Å². The molecule has 144 valence electrons. The first-order valence-electron chi connectivity index (χ1n) is 8.54. The van der Waals surface area contributed by atoms with Crippen molar-refractivity contribution in [3.63, 3.8) is 0 Å². The minimum Gasteiger partial charge on any atom is -0.497 e. The number of nitrogens with zero attached hydrogens (tertiary/aromatic N) is 3. The first-order chi connectivity index (χ1) is 12.9. The van der Waals surface area contributed by atoms with E-state index in [1.54, 1.807) is 29.2 Å². The van der Waals surface area contributed by atoms with Crippen molar-refractivity contribution in [3.05, 3.63) is 59.4 Å². The maximum absolute atomic E-state index is 13.1. The fourth-order valence-corrected chi connectivity index (χ4v) is 3.12. The second-order valence-electron chi connectivity index (χ2n) is 6.33. The Kier molecular flexibility index (Phi) is 5.65. The van der Waals surface area contributed by atoms with Crippen molar-refractivity contribution in [2.75, 3.05) is 33.3 Å². The van der Waals surface area contributed by atoms with E-state index < -0.39 is 11.7 Å². The largest absolute Gasteiger partial charge is 0.497 e. The summed E-state index contributed by atoms with van der Waals surface area (Å²) in [6, 6.07) is 7.92. The number of rotatable bonds is 4. The van der Waals surface area contributed by atoms with Crippen molar-refractivity contribution >= 4 is 5.91 Å². The molecule has 0 saturated carbocycles. The molecule has 1 aliphatic rings. The van der Waals surface area contributed by atoms with Gasteiger partial charge in [-0.15, -0.1) is 0 Å². The van der Waals surface area contributed by atoms with E-state index in [2.05, 4.69) is 4.98 Å². The average Bonchev–Trinajstić information content (AvgIpc) is 2.67. The van der Waals surface area contributed by atoms with Crippen molar-refractivity contribution in [3.8, 4) is 5.75 Å². The minimum atomic E-state index is -4.40. The molecule has 1 fully saturated rings. The number of hydrogen-bond acceptors (Lipinski definition) is 4. The third-order valence-electron chi connectivity index (χ3n) is 4.58. The minimum absolute atomic E-state index is 0.106. The van der Waals surface area contributed by atoms with Gasteiger partial charge in [-0.2, -0.15) is 13.2 Å². The number of aromatic nitrogens is 1. The summed E-state index contributed by atoms with van der Waals surface area (Å²) < 4.78 is 44.5. The third kappa shape index (κ3) is 4.57. The van der Waals surface area contributed by atoms with E-state index in [0.29, 0.717) is 37.5 Å². The first-order valence-corrected chi connectivity index (χ1v) is 8.54. The molecule has 2 heterocycles. The van der Waals surface area contributed by atoms with Crippen molar-refractivity contribution in [2.45, 2.75) is 12.7 Å². The van der Waals surface area contributed by atoms with Crippen LogP contribution in [0.4, 0.5) is 13.2 Å². The Hall–Kier alpha value is -2.61. The highest BCUT2D eigenvalue weighted by atomic mass is 19.4. The Morgan fingerprint density at radius 3 is 2.59 bits per heavy atom. The molecule has 0 aliphatic carbocycles. The lowest BCUT2D eigenvalue weighted by Gasteiger charge is -2.35. The molecule has 2 aromatic rings. The summed E-state index contributed by atoms with van der Waals surface area (Å²) in [7, 11) is 1.54. The summed E-state index contributed by atoms with van der Waals surface area (Å²) in [5, 5.41) is 0. The maximum Gasteiger partial charge on any atom is 0.416 e. The Morgan fingerprint density at radius 1 is 1.19 bits per heavy atom. The predicted octanol–water partition coefficient (Wildman–Crippen LogP) is 3.07. The standard InChI is InChI=1S/C19H20F3N3O2/c1-27-16-4-2-3-14(11-16)18(26)25-9-7-24(8-10-25)13-15-12-23-6-5-17(15)19(20,21)22/h2-6,11-12H,7-10,13H2,1H3. The van der Waals surface area contributed by atoms with Crippen LogP contribution in [0.1, 0.15) is 21.5 Å². The van der Waals surface area contributed by atoms with Crippen molar-refractivity contribution < 1.29 is 22.7 Å². The fourth-order valence-electron chi connectivity index (χ4n) is 3.12. The molecule has 1 saturated heterocycles. The molecule has 0 bridgehead atoms. The summed E-state index contributed by atoms with van der Waals surface area (Å²) in [5.74, 6) is 0.502. The molecule has 1 aromatic heterocycles. The summed E-state index contributed by atoms with van der Waals surface area (Å²) in [6.07, 6.45) is -1.99. The van der Waals surface area contributed by atoms with Gasteiger partial charge in [0.05, 0.1) is 12.7 Å². The Bertz CT molecular complexity index is 803. The summed E-state index contributed by atoms with van der Waals surface area (Å²) in [4.78, 5) is 20.0. The lowest BCUT2D eigenvalue weighted by atomic mass is 10.1. The second kappa shape index (κ2) is 7.96. The molecule has 0 radical (unpaired) electrons. The van der Waals surface area contributed by atoms with Crippen LogP contribution in [0.2, 0.25) is 0 Å². The molecular formula is C19H20F3N3O2. The molecule has 27 heavy (non-hydrogen) atoms. The van der Waals surface area contributed by atoms with Gasteiger partial charge in [0.2, 0.25) is 0 Å². The van der Waals surface area contributed by atoms with Gasteiger partial charge in [0, 0.05) is 50.7 Å². The summed E-state index contributed by atoms with van der Waals surface area (Å²) in [6.45, 7) is 2.07. The molecular weight excluding hydrogens is 359 g/mol. The molecule has 5 nitrogen and oxygen atoms in total. The van der Waals surface area contributed by atoms with Gasteiger partial charge in [-0.3, -0.25) is 14.7 Å². The Balaban J connectivity index is 1.62. The van der Waals surface area contributed by atoms with Gasteiger partial charge in [0.15, 0.2) is 0 Å². The van der Waals surface area contributed by atoms with Gasteiger partial charge in [-0.1, -0.05) is 6.07 Å². The number of carbonyl (C=O) groups excluding carboxylic acids is 1. The number of piperazine rings is 1. The van der Waals surface area contributed by atoms with E-state index in [4.69, 9.17) is 4.74 Å². The van der Waals surface area contributed by atoms with Crippen molar-refractivity contribution in [2.24, 2.45) is 0 Å². The van der Waals surface area contributed by atoms with E-state index >= 15 is 0 Å². The van der Waals surface area contributed by atoms with Crippen LogP contribution in [-0.4, -0.2) is 54.0 Å². The maximum atomic E-state index is 13.1. The second-order valence-corrected chi connectivity index (χ2v) is 6.33. The SMILES string of the molecule is COc1cccc(C(=O)N2CCN(Cc3cnccc3C(F)(F)F)CC2)c1. The molecule has 8 heteroatoms. The molecule has 0 unspecified atom stereocenters. The molecule has 1 aromatic carbocycles. The van der Waals surface area contributed by atoms with E-state index in [9.17, 15) is 18.0 Å². The zero-order chi connectivity index (χ0) is 19.4. The zero-order valence-corrected chi connectivity index (χ0v) is 14.9. The number of methoxy groups -OCH3 is 1. The van der Waals surface area contributed by atoms with Crippen LogP contribution < -0.4 is 4.74 Å². The lowest BCUT2D eigenvalue weighted by molar-refractivity contribution is -0.138. The van der Waals surface area contributed by atoms with Crippen LogP contribution in [0.25, 0.3) is 0 Å². The molecule has 1 amide bonds. The van der Waals surface area contributed by atoms with Gasteiger partial charge < -0.3 is 9.64 Å². The number of halogens is 3. The summed E-state index contributed by atoms with van der Waals surface area (Å²) in [5.41, 5.74) is 0.0272. The van der Waals surface area contributed by atoms with Crippen LogP contribution in [0.3, 0.4) is 0 Å². The number of ether oxygens (including phenoxy) is 1. The zero-order valence-electron chi connectivity index (χ0n) is 14.9. The van der Waals surface area contributed by atoms with E-state index in [1.807, 2.05) is 4.90 Å². The lowest BCUT2D eigenvalue weighted by Crippen LogP contribution is -2.48. The van der Waals surface area contributed by atoms with Crippen LogP contribution in [-0.2, 0) is 12.7 Å². The van der Waals surface area contributed by atoms with Crippen LogP contribution in [0.15, 0.2) is 42.7 Å². The van der Waals surface area contributed by atoms with Gasteiger partial charge in [0.1, 0.15) is 5.75 Å². The molecule has 0 atom stereocenters. The Morgan fingerprint density at radius 2 is 1.93 bits per heavy atom. The molecule has 0 spiro atoms. The molecule has 1 aliphatic heterocycles. The number of amides is 1. The molecule has 3 rings (SSSR count). The van der Waals surface area contributed by atoms with Gasteiger partial charge in [-0.25, -0.2) is 0 Å². The topological polar surface area (TPSA) is 45.7 Å². The Labute approximate surface area is 155 Å². The van der Waals surface area contributed by atoms with Gasteiger partial charge in [-0.05, 0) is 29.8 Å². The number of alkyl halides is 3. The van der Waals surface area contributed by atoms with E-state index in [-0.39, 0.29) is 18.0 Å². The first kappa shape index (κ1) is 19.2. The van der Waals surface area contributed by atoms with Gasteiger partial charge >= 0.3 is 6.18 Å². The summed E-state index contributed by atoms with van der Waals surface area (Å²) >= 11 is 0. The van der Waals surface area contributed by atoms with Crippen LogP contribution in [0.5, 0.6) is 5.75 Å². The van der Waals surface area contributed by atoms with E-state index in [1.165, 1.54) is 13.3 Å². The normalized spacial score (nSPS) is 15.6. The van der Waals surface area contributed by atoms with Crippen molar-refractivity contribution in [1.82, 2.24) is 14.8 Å². The van der Waals surface area contributed by atoms with Crippen LogP contribution in [0, 0.1) is 0 Å². The number of carbonyl (C=O) groups is 1. The van der Waals surface area contributed by atoms with Crippen molar-refractivity contribution in [1.29, 1.82) is 0 Å². The van der Waals surface area contributed by atoms with Crippen LogP contribution >= 0.6 is 0 Å². The highest BCUT2D eigenvalue weighted by Gasteiger charge is 2.34. The monoisotopic (exact) mass is 379 g/mol. The molecule has 0 N–H and O–H groups in total. The average molecular weight is 379 g/mol. The number of pyridine rings is 1. The highest BCUT2D eigenvalue weighted by molar-refractivity contribution is 5.94. The predicted molar refractivity (Wildman–Crippen MR) is 93.4 cm³/mol. The number of hydrogen-bond donors (Lipinski definition) is 0. The van der Waals surface area contributed by atoms with Gasteiger partial charge in [0.25, 0.3) is 5.91 Å².